The van der Waals surface area contributed by atoms with Crippen LogP contribution in [-0.2, 0) is 12.8 Å². The van der Waals surface area contributed by atoms with Crippen molar-refractivity contribution >= 4 is 15.9 Å². The first-order valence-electron chi connectivity index (χ1n) is 6.84. The van der Waals surface area contributed by atoms with E-state index in [0.717, 1.165) is 6.04 Å². The fraction of sp³-hybridized carbons (Fsp3) is 0.600. The predicted octanol–water partition coefficient (Wildman–Crippen LogP) is 3.84. The summed E-state index contributed by atoms with van der Waals surface area (Å²) in [6.07, 6.45) is 9.40. The largest absolute Gasteiger partial charge is 0.311 e. The van der Waals surface area contributed by atoms with E-state index in [1.54, 1.807) is 11.1 Å². The number of benzene rings is 1. The Morgan fingerprint density at radius 3 is 2.65 bits per heavy atom. The molecule has 1 atom stereocenters. The lowest BCUT2D eigenvalue weighted by molar-refractivity contribution is 0.395. The van der Waals surface area contributed by atoms with E-state index in [2.05, 4.69) is 39.4 Å². The van der Waals surface area contributed by atoms with Crippen molar-refractivity contribution in [1.29, 1.82) is 0 Å². The molecular formula is C15H20BrN. The molecule has 0 spiro atoms. The van der Waals surface area contributed by atoms with Gasteiger partial charge in [-0.15, -0.1) is 0 Å². The van der Waals surface area contributed by atoms with Crippen LogP contribution in [0.15, 0.2) is 22.7 Å². The van der Waals surface area contributed by atoms with Gasteiger partial charge in [0.25, 0.3) is 0 Å². The van der Waals surface area contributed by atoms with Crippen molar-refractivity contribution < 1.29 is 0 Å². The van der Waals surface area contributed by atoms with E-state index in [4.69, 9.17) is 0 Å². The van der Waals surface area contributed by atoms with Gasteiger partial charge in [0.05, 0.1) is 0 Å². The summed E-state index contributed by atoms with van der Waals surface area (Å²) in [5.74, 6) is 0. The minimum absolute atomic E-state index is 0.715. The highest BCUT2D eigenvalue weighted by molar-refractivity contribution is 9.10. The Hall–Kier alpha value is -0.340. The summed E-state index contributed by atoms with van der Waals surface area (Å²) in [6.45, 7) is 0. The molecule has 2 heteroatoms. The number of halogens is 1. The molecule has 2 aliphatic rings. The highest BCUT2D eigenvalue weighted by atomic mass is 79.9. The Bertz CT molecular complexity index is 396. The molecule has 2 aliphatic carbocycles. The average molecular weight is 294 g/mol. The number of hydrogen-bond acceptors (Lipinski definition) is 1. The summed E-state index contributed by atoms with van der Waals surface area (Å²) in [4.78, 5) is 0. The molecule has 3 rings (SSSR count). The van der Waals surface area contributed by atoms with E-state index in [1.165, 1.54) is 49.4 Å². The van der Waals surface area contributed by atoms with E-state index < -0.39 is 0 Å². The molecule has 1 nitrogen and oxygen atoms in total. The van der Waals surface area contributed by atoms with Crippen LogP contribution >= 0.6 is 15.9 Å². The van der Waals surface area contributed by atoms with Crippen LogP contribution in [-0.4, -0.2) is 12.1 Å². The summed E-state index contributed by atoms with van der Waals surface area (Å²) >= 11 is 3.56. The van der Waals surface area contributed by atoms with Gasteiger partial charge in [-0.05, 0) is 55.4 Å². The Balaban J connectivity index is 1.65. The van der Waals surface area contributed by atoms with Gasteiger partial charge in [-0.1, -0.05) is 34.8 Å². The zero-order valence-electron chi connectivity index (χ0n) is 10.2. The molecule has 0 bridgehead atoms. The van der Waals surface area contributed by atoms with Crippen LogP contribution in [0.2, 0.25) is 0 Å². The summed E-state index contributed by atoms with van der Waals surface area (Å²) in [7, 11) is 0. The van der Waals surface area contributed by atoms with Crippen molar-refractivity contribution in [3.8, 4) is 0 Å². The molecule has 0 radical (unpaired) electrons. The molecule has 1 saturated carbocycles. The lowest BCUT2D eigenvalue weighted by Crippen LogP contribution is -2.40. The topological polar surface area (TPSA) is 12.0 Å². The lowest BCUT2D eigenvalue weighted by Gasteiger charge is -2.28. The van der Waals surface area contributed by atoms with E-state index >= 15 is 0 Å². The van der Waals surface area contributed by atoms with E-state index in [-0.39, 0.29) is 0 Å². The number of nitrogens with one attached hydrogen (secondary N) is 1. The molecule has 0 amide bonds. The molecule has 0 saturated heterocycles. The first-order chi connectivity index (χ1) is 8.31. The normalized spacial score (nSPS) is 24.9. The lowest BCUT2D eigenvalue weighted by atomic mass is 9.88. The van der Waals surface area contributed by atoms with Crippen LogP contribution in [0.1, 0.15) is 43.2 Å². The van der Waals surface area contributed by atoms with Crippen molar-refractivity contribution in [2.24, 2.45) is 0 Å². The molecule has 0 aromatic heterocycles. The number of aryl methyl sites for hydroxylation is 1. The standard InChI is InChI=1S/C15H20BrN/c16-13-7-5-12-10-15(8-6-11(12)9-13)17-14-3-1-2-4-14/h5,7,9,14-15,17H,1-4,6,8,10H2. The summed E-state index contributed by atoms with van der Waals surface area (Å²) in [5, 5.41) is 3.86. The molecule has 17 heavy (non-hydrogen) atoms. The van der Waals surface area contributed by atoms with Crippen molar-refractivity contribution in [3.05, 3.63) is 33.8 Å². The second-order valence-corrected chi connectivity index (χ2v) is 6.42. The van der Waals surface area contributed by atoms with E-state index in [0.29, 0.717) is 6.04 Å². The molecule has 1 aromatic rings. The van der Waals surface area contributed by atoms with Crippen LogP contribution in [0.3, 0.4) is 0 Å². The van der Waals surface area contributed by atoms with Crippen LogP contribution in [0.25, 0.3) is 0 Å². The minimum Gasteiger partial charge on any atom is -0.311 e. The molecule has 1 aromatic carbocycles. The number of fused-ring (bicyclic) bond motifs is 1. The fourth-order valence-corrected chi connectivity index (χ4v) is 3.70. The third-order valence-electron chi connectivity index (χ3n) is 4.22. The maximum Gasteiger partial charge on any atom is 0.0178 e. The van der Waals surface area contributed by atoms with Gasteiger partial charge in [0.1, 0.15) is 0 Å². The third-order valence-corrected chi connectivity index (χ3v) is 4.72. The Kier molecular flexibility index (Phi) is 3.53. The maximum atomic E-state index is 3.86. The van der Waals surface area contributed by atoms with Crippen molar-refractivity contribution in [2.75, 3.05) is 0 Å². The molecule has 92 valence electrons. The maximum absolute atomic E-state index is 3.86. The Labute approximate surface area is 112 Å². The number of hydrogen-bond donors (Lipinski definition) is 1. The summed E-state index contributed by atoms with van der Waals surface area (Å²) in [6, 6.07) is 8.28. The van der Waals surface area contributed by atoms with Crippen molar-refractivity contribution in [1.82, 2.24) is 5.32 Å². The second-order valence-electron chi connectivity index (χ2n) is 5.50. The second kappa shape index (κ2) is 5.11. The van der Waals surface area contributed by atoms with Gasteiger partial charge in [-0.2, -0.15) is 0 Å². The van der Waals surface area contributed by atoms with Gasteiger partial charge < -0.3 is 5.32 Å². The van der Waals surface area contributed by atoms with Crippen molar-refractivity contribution in [2.45, 2.75) is 57.0 Å². The molecular weight excluding hydrogens is 274 g/mol. The van der Waals surface area contributed by atoms with Crippen LogP contribution in [0, 0.1) is 0 Å². The van der Waals surface area contributed by atoms with Gasteiger partial charge >= 0.3 is 0 Å². The van der Waals surface area contributed by atoms with Gasteiger partial charge in [0, 0.05) is 16.6 Å². The molecule has 0 heterocycles. The molecule has 1 fully saturated rings. The molecule has 1 unspecified atom stereocenters. The Morgan fingerprint density at radius 1 is 1.00 bits per heavy atom. The van der Waals surface area contributed by atoms with Crippen LogP contribution in [0.5, 0.6) is 0 Å². The zero-order valence-corrected chi connectivity index (χ0v) is 11.8. The van der Waals surface area contributed by atoms with Crippen LogP contribution < -0.4 is 5.32 Å². The molecule has 0 aliphatic heterocycles. The first kappa shape index (κ1) is 11.7. The summed E-state index contributed by atoms with van der Waals surface area (Å²) in [5.41, 5.74) is 3.10. The zero-order chi connectivity index (χ0) is 11.7. The highest BCUT2D eigenvalue weighted by Gasteiger charge is 2.23. The van der Waals surface area contributed by atoms with Gasteiger partial charge in [-0.25, -0.2) is 0 Å². The minimum atomic E-state index is 0.715. The predicted molar refractivity (Wildman–Crippen MR) is 75.3 cm³/mol. The first-order valence-corrected chi connectivity index (χ1v) is 7.64. The van der Waals surface area contributed by atoms with Crippen LogP contribution in [0.4, 0.5) is 0 Å². The quantitative estimate of drug-likeness (QED) is 0.874. The highest BCUT2D eigenvalue weighted by Crippen LogP contribution is 2.26. The number of rotatable bonds is 2. The van der Waals surface area contributed by atoms with E-state index in [1.807, 2.05) is 0 Å². The third kappa shape index (κ3) is 2.74. The Morgan fingerprint density at radius 2 is 1.82 bits per heavy atom. The summed E-state index contributed by atoms with van der Waals surface area (Å²) < 4.78 is 1.22. The smallest absolute Gasteiger partial charge is 0.0178 e. The van der Waals surface area contributed by atoms with E-state index in [9.17, 15) is 0 Å². The van der Waals surface area contributed by atoms with Crippen molar-refractivity contribution in [3.63, 3.8) is 0 Å². The monoisotopic (exact) mass is 293 g/mol. The SMILES string of the molecule is Brc1ccc2c(c1)CCC(NC1CCCC1)C2. The van der Waals surface area contributed by atoms with Gasteiger partial charge in [0.2, 0.25) is 0 Å². The van der Waals surface area contributed by atoms with Gasteiger partial charge in [0.15, 0.2) is 0 Å². The molecule has 1 N–H and O–H groups in total. The fourth-order valence-electron chi connectivity index (χ4n) is 3.29. The average Bonchev–Trinajstić information content (AvgIpc) is 2.82. The van der Waals surface area contributed by atoms with Gasteiger partial charge in [-0.3, -0.25) is 0 Å².